The molecule has 1 atom stereocenters. The van der Waals surface area contributed by atoms with E-state index in [1.165, 1.54) is 0 Å². The standard InChI is InChI=1S/C17H30N4O3/c1-7-18-15(19-10-14(22)21-16(3,4)5)20-11-17(6,23)13-9-8-12(2)24-13/h8-9,23H,7,10-11H2,1-6H3,(H,21,22)(H2,18,19,20). The molecule has 7 heteroatoms. The first-order valence-corrected chi connectivity index (χ1v) is 8.16. The maximum atomic E-state index is 11.9. The minimum absolute atomic E-state index is 0.00854. The molecule has 1 aromatic rings. The highest BCUT2D eigenvalue weighted by atomic mass is 16.4. The molecule has 1 aromatic heterocycles. The van der Waals surface area contributed by atoms with Crippen molar-refractivity contribution in [2.75, 3.05) is 19.6 Å². The Morgan fingerprint density at radius 3 is 2.42 bits per heavy atom. The van der Waals surface area contributed by atoms with Crippen LogP contribution in [0.1, 0.15) is 46.1 Å². The Kier molecular flexibility index (Phi) is 6.83. The van der Waals surface area contributed by atoms with Gasteiger partial charge in [-0.3, -0.25) is 4.79 Å². The smallest absolute Gasteiger partial charge is 0.242 e. The van der Waals surface area contributed by atoms with Gasteiger partial charge in [0.05, 0.1) is 6.54 Å². The van der Waals surface area contributed by atoms with E-state index in [0.29, 0.717) is 18.3 Å². The quantitative estimate of drug-likeness (QED) is 0.462. The van der Waals surface area contributed by atoms with E-state index < -0.39 is 5.60 Å². The molecule has 0 aliphatic rings. The molecule has 0 bridgehead atoms. The molecule has 136 valence electrons. The molecular weight excluding hydrogens is 308 g/mol. The van der Waals surface area contributed by atoms with Gasteiger partial charge < -0.3 is 25.5 Å². The van der Waals surface area contributed by atoms with E-state index in [9.17, 15) is 9.90 Å². The molecule has 1 rings (SSSR count). The molecule has 1 amide bonds. The fourth-order valence-electron chi connectivity index (χ4n) is 2.02. The Morgan fingerprint density at radius 1 is 1.25 bits per heavy atom. The van der Waals surface area contributed by atoms with E-state index >= 15 is 0 Å². The number of aryl methyl sites for hydroxylation is 1. The summed E-state index contributed by atoms with van der Waals surface area (Å²) in [5.41, 5.74) is -1.47. The molecule has 1 unspecified atom stereocenters. The normalized spacial score (nSPS) is 14.9. The Balaban J connectivity index is 2.65. The third-order valence-electron chi connectivity index (χ3n) is 3.11. The lowest BCUT2D eigenvalue weighted by Crippen LogP contribution is -2.46. The number of rotatable bonds is 6. The van der Waals surface area contributed by atoms with Gasteiger partial charge in [-0.15, -0.1) is 0 Å². The zero-order valence-corrected chi connectivity index (χ0v) is 15.5. The summed E-state index contributed by atoms with van der Waals surface area (Å²) in [5, 5.41) is 19.5. The lowest BCUT2D eigenvalue weighted by atomic mass is 10.0. The zero-order valence-electron chi connectivity index (χ0n) is 15.5. The molecule has 0 fully saturated rings. The molecule has 1 heterocycles. The number of amides is 1. The van der Waals surface area contributed by atoms with Gasteiger partial charge in [0.2, 0.25) is 5.91 Å². The molecular formula is C17H30N4O3. The van der Waals surface area contributed by atoms with Gasteiger partial charge in [-0.1, -0.05) is 0 Å². The van der Waals surface area contributed by atoms with Crippen LogP contribution in [-0.4, -0.2) is 42.1 Å². The summed E-state index contributed by atoms with van der Waals surface area (Å²) in [4.78, 5) is 16.1. The monoisotopic (exact) mass is 338 g/mol. The minimum Gasteiger partial charge on any atom is -0.463 e. The lowest BCUT2D eigenvalue weighted by Gasteiger charge is -2.23. The van der Waals surface area contributed by atoms with Crippen LogP contribution >= 0.6 is 0 Å². The van der Waals surface area contributed by atoms with Gasteiger partial charge >= 0.3 is 0 Å². The number of carbonyl (C=O) groups excluding carboxylic acids is 1. The minimum atomic E-state index is -1.18. The van der Waals surface area contributed by atoms with Crippen molar-refractivity contribution in [1.29, 1.82) is 0 Å². The molecule has 7 nitrogen and oxygen atoms in total. The molecule has 0 radical (unpaired) electrons. The van der Waals surface area contributed by atoms with E-state index in [1.807, 2.05) is 34.6 Å². The fraction of sp³-hybridized carbons (Fsp3) is 0.647. The van der Waals surface area contributed by atoms with Crippen molar-refractivity contribution in [2.24, 2.45) is 4.99 Å². The van der Waals surface area contributed by atoms with Crippen LogP contribution in [0.4, 0.5) is 0 Å². The number of furan rings is 1. The summed E-state index contributed by atoms with van der Waals surface area (Å²) in [6.07, 6.45) is 0. The largest absolute Gasteiger partial charge is 0.463 e. The van der Waals surface area contributed by atoms with Crippen molar-refractivity contribution >= 4 is 11.9 Å². The number of hydrogen-bond donors (Lipinski definition) is 4. The molecule has 0 saturated carbocycles. The Hall–Kier alpha value is -2.02. The molecule has 4 N–H and O–H groups in total. The SMILES string of the molecule is CCNC(=NCC(=O)NC(C)(C)C)NCC(C)(O)c1ccc(C)o1. The second kappa shape index (κ2) is 8.19. The molecule has 0 spiro atoms. The van der Waals surface area contributed by atoms with E-state index in [2.05, 4.69) is 20.9 Å². The first-order valence-electron chi connectivity index (χ1n) is 8.16. The van der Waals surface area contributed by atoms with Crippen LogP contribution in [-0.2, 0) is 10.4 Å². The summed E-state index contributed by atoms with van der Waals surface area (Å²) in [6.45, 7) is 12.0. The van der Waals surface area contributed by atoms with Crippen LogP contribution in [0.2, 0.25) is 0 Å². The second-order valence-electron chi connectivity index (χ2n) is 7.03. The highest BCUT2D eigenvalue weighted by molar-refractivity contribution is 5.85. The predicted octanol–water partition coefficient (Wildman–Crippen LogP) is 1.27. The summed E-state index contributed by atoms with van der Waals surface area (Å²) in [5.74, 6) is 1.52. The van der Waals surface area contributed by atoms with Crippen LogP contribution in [0.3, 0.4) is 0 Å². The third kappa shape index (κ3) is 7.04. The van der Waals surface area contributed by atoms with Crippen molar-refractivity contribution in [3.05, 3.63) is 23.7 Å². The molecule has 0 aliphatic carbocycles. The van der Waals surface area contributed by atoms with Crippen LogP contribution in [0.15, 0.2) is 21.5 Å². The first-order chi connectivity index (χ1) is 11.0. The number of aliphatic hydroxyl groups is 1. The summed E-state index contributed by atoms with van der Waals surface area (Å²) in [7, 11) is 0. The average molecular weight is 338 g/mol. The average Bonchev–Trinajstić information content (AvgIpc) is 2.87. The van der Waals surface area contributed by atoms with Gasteiger partial charge in [-0.05, 0) is 53.7 Å². The van der Waals surface area contributed by atoms with Crippen LogP contribution in [0.25, 0.3) is 0 Å². The highest BCUT2D eigenvalue weighted by Gasteiger charge is 2.27. The number of nitrogens with one attached hydrogen (secondary N) is 3. The Labute approximate surface area is 143 Å². The molecule has 24 heavy (non-hydrogen) atoms. The maximum absolute atomic E-state index is 11.9. The fourth-order valence-corrected chi connectivity index (χ4v) is 2.02. The molecule has 0 aromatic carbocycles. The van der Waals surface area contributed by atoms with Crippen LogP contribution in [0.5, 0.6) is 0 Å². The van der Waals surface area contributed by atoms with Crippen molar-refractivity contribution < 1.29 is 14.3 Å². The van der Waals surface area contributed by atoms with Crippen molar-refractivity contribution in [1.82, 2.24) is 16.0 Å². The van der Waals surface area contributed by atoms with E-state index in [4.69, 9.17) is 4.42 Å². The van der Waals surface area contributed by atoms with E-state index in [1.54, 1.807) is 19.1 Å². The van der Waals surface area contributed by atoms with Gasteiger partial charge in [0.1, 0.15) is 23.7 Å². The number of nitrogens with zero attached hydrogens (tertiary/aromatic N) is 1. The second-order valence-corrected chi connectivity index (χ2v) is 7.03. The summed E-state index contributed by atoms with van der Waals surface area (Å²) < 4.78 is 5.48. The topological polar surface area (TPSA) is 98.9 Å². The number of carbonyl (C=O) groups is 1. The number of aliphatic imine (C=N–C) groups is 1. The number of hydrogen-bond acceptors (Lipinski definition) is 4. The summed E-state index contributed by atoms with van der Waals surface area (Å²) >= 11 is 0. The van der Waals surface area contributed by atoms with Gasteiger partial charge in [0, 0.05) is 12.1 Å². The van der Waals surface area contributed by atoms with Crippen molar-refractivity contribution in [3.8, 4) is 0 Å². The highest BCUT2D eigenvalue weighted by Crippen LogP contribution is 2.21. The van der Waals surface area contributed by atoms with Gasteiger partial charge in [-0.2, -0.15) is 0 Å². The Morgan fingerprint density at radius 2 is 1.92 bits per heavy atom. The first kappa shape index (κ1) is 20.0. The third-order valence-corrected chi connectivity index (χ3v) is 3.11. The van der Waals surface area contributed by atoms with Gasteiger partial charge in [0.15, 0.2) is 5.96 Å². The zero-order chi connectivity index (χ0) is 18.4. The molecule has 0 saturated heterocycles. The van der Waals surface area contributed by atoms with Crippen LogP contribution in [0, 0.1) is 6.92 Å². The number of guanidine groups is 1. The molecule has 0 aliphatic heterocycles. The van der Waals surface area contributed by atoms with Crippen molar-refractivity contribution in [3.63, 3.8) is 0 Å². The Bertz CT molecular complexity index is 571. The lowest BCUT2D eigenvalue weighted by molar-refractivity contribution is -0.121. The predicted molar refractivity (Wildman–Crippen MR) is 94.9 cm³/mol. The summed E-state index contributed by atoms with van der Waals surface area (Å²) in [6, 6.07) is 3.55. The van der Waals surface area contributed by atoms with E-state index in [-0.39, 0.29) is 24.5 Å². The maximum Gasteiger partial charge on any atom is 0.242 e. The van der Waals surface area contributed by atoms with Gasteiger partial charge in [-0.25, -0.2) is 4.99 Å². The van der Waals surface area contributed by atoms with Crippen molar-refractivity contribution in [2.45, 2.75) is 52.7 Å². The van der Waals surface area contributed by atoms with Crippen LogP contribution < -0.4 is 16.0 Å². The van der Waals surface area contributed by atoms with Gasteiger partial charge in [0.25, 0.3) is 0 Å². The van der Waals surface area contributed by atoms with E-state index in [0.717, 1.165) is 5.76 Å².